The summed E-state index contributed by atoms with van der Waals surface area (Å²) in [4.78, 5) is 23.8. The van der Waals surface area contributed by atoms with E-state index in [0.717, 1.165) is 10.5 Å². The van der Waals surface area contributed by atoms with Gasteiger partial charge in [-0.3, -0.25) is 14.9 Å². The number of quaternary nitrogens is 1. The molecule has 6 nitrogen and oxygen atoms in total. The minimum absolute atomic E-state index is 0.101. The first kappa shape index (κ1) is 17.9. The largest absolute Gasteiger partial charge is 0.326 e. The molecule has 0 aliphatic heterocycles. The molecule has 7 heteroatoms. The second-order valence-electron chi connectivity index (χ2n) is 5.71. The van der Waals surface area contributed by atoms with E-state index in [2.05, 4.69) is 5.32 Å². The van der Waals surface area contributed by atoms with Gasteiger partial charge in [0, 0.05) is 16.7 Å². The van der Waals surface area contributed by atoms with Gasteiger partial charge in [-0.15, -0.1) is 0 Å². The number of amides is 1. The minimum atomic E-state index is -0.495. The Balaban J connectivity index is 2.02. The fourth-order valence-electron chi connectivity index (χ4n) is 2.48. The molecule has 0 saturated carbocycles. The summed E-state index contributed by atoms with van der Waals surface area (Å²) in [5, 5.41) is 14.4. The van der Waals surface area contributed by atoms with Crippen LogP contribution in [-0.4, -0.2) is 24.4 Å². The molecule has 2 aromatic rings. The summed E-state index contributed by atoms with van der Waals surface area (Å²) in [6.45, 7) is 2.55. The van der Waals surface area contributed by atoms with Crippen LogP contribution < -0.4 is 10.2 Å². The summed E-state index contributed by atoms with van der Waals surface area (Å²) in [5.74, 6) is -0.271. The Kier molecular flexibility index (Phi) is 5.89. The molecule has 0 fully saturated rings. The second-order valence-corrected chi connectivity index (χ2v) is 6.15. The molecule has 0 radical (unpaired) electrons. The number of likely N-dealkylation sites (N-methyl/N-ethyl adjacent to an activating group) is 1. The highest BCUT2D eigenvalue weighted by molar-refractivity contribution is 6.30. The molecule has 0 aromatic heterocycles. The Bertz CT molecular complexity index is 764. The smallest absolute Gasteiger partial charge is 0.293 e. The van der Waals surface area contributed by atoms with Crippen LogP contribution in [0.4, 0.5) is 11.4 Å². The number of halogens is 1. The van der Waals surface area contributed by atoms with Gasteiger partial charge < -0.3 is 10.2 Å². The van der Waals surface area contributed by atoms with Gasteiger partial charge in [0.25, 0.3) is 11.6 Å². The van der Waals surface area contributed by atoms with E-state index in [1.807, 2.05) is 25.2 Å². The van der Waals surface area contributed by atoms with E-state index < -0.39 is 4.92 Å². The minimum Gasteiger partial charge on any atom is -0.326 e. The summed E-state index contributed by atoms with van der Waals surface area (Å²) in [7, 11) is 1.88. The summed E-state index contributed by atoms with van der Waals surface area (Å²) < 4.78 is 0. The number of hydrogen-bond donors (Lipinski definition) is 2. The van der Waals surface area contributed by atoms with Gasteiger partial charge in [-0.25, -0.2) is 0 Å². The third-order valence-electron chi connectivity index (χ3n) is 3.57. The third-order valence-corrected chi connectivity index (χ3v) is 3.80. The van der Waals surface area contributed by atoms with Crippen LogP contribution in [0.15, 0.2) is 42.5 Å². The number of nitrogens with zero attached hydrogens (tertiary/aromatic N) is 1. The van der Waals surface area contributed by atoms with E-state index in [1.54, 1.807) is 25.1 Å². The van der Waals surface area contributed by atoms with Gasteiger partial charge >= 0.3 is 0 Å². The van der Waals surface area contributed by atoms with Crippen molar-refractivity contribution in [1.29, 1.82) is 0 Å². The number of anilines is 1. The maximum Gasteiger partial charge on any atom is 0.293 e. The van der Waals surface area contributed by atoms with Crippen molar-refractivity contribution < 1.29 is 14.6 Å². The van der Waals surface area contributed by atoms with Crippen molar-refractivity contribution in [2.24, 2.45) is 0 Å². The number of rotatable bonds is 6. The molecule has 0 aliphatic rings. The van der Waals surface area contributed by atoms with Crippen LogP contribution in [-0.2, 0) is 11.3 Å². The summed E-state index contributed by atoms with van der Waals surface area (Å²) >= 11 is 5.95. The molecule has 2 aromatic carbocycles. The predicted octanol–water partition coefficient (Wildman–Crippen LogP) is 2.21. The lowest BCUT2D eigenvalue weighted by molar-refractivity contribution is -0.885. The molecular formula is C17H19ClN3O3+. The van der Waals surface area contributed by atoms with Crippen molar-refractivity contribution >= 4 is 28.9 Å². The highest BCUT2D eigenvalue weighted by Gasteiger charge is 2.19. The Morgan fingerprint density at radius 1 is 1.29 bits per heavy atom. The Hall–Kier alpha value is -2.44. The normalized spacial score (nSPS) is 11.8. The zero-order valence-electron chi connectivity index (χ0n) is 13.5. The number of nitro groups is 1. The van der Waals surface area contributed by atoms with E-state index in [9.17, 15) is 14.9 Å². The molecule has 2 rings (SSSR count). The molecule has 0 aliphatic carbocycles. The fraction of sp³-hybridized carbons (Fsp3) is 0.235. The number of para-hydroxylation sites is 1. The number of hydrogen-bond acceptors (Lipinski definition) is 3. The highest BCUT2D eigenvalue weighted by Crippen LogP contribution is 2.27. The lowest BCUT2D eigenvalue weighted by atomic mass is 10.1. The Morgan fingerprint density at radius 2 is 2.00 bits per heavy atom. The fourth-order valence-corrected chi connectivity index (χ4v) is 2.70. The van der Waals surface area contributed by atoms with Gasteiger partial charge in [0.1, 0.15) is 12.2 Å². The lowest BCUT2D eigenvalue weighted by Crippen LogP contribution is -3.08. The number of carbonyl (C=O) groups excluding carboxylic acids is 1. The van der Waals surface area contributed by atoms with Crippen LogP contribution in [0.25, 0.3) is 0 Å². The Morgan fingerprint density at radius 3 is 2.67 bits per heavy atom. The van der Waals surface area contributed by atoms with Crippen molar-refractivity contribution in [2.75, 3.05) is 18.9 Å². The summed E-state index contributed by atoms with van der Waals surface area (Å²) in [5.41, 5.74) is 1.83. The number of benzene rings is 2. The SMILES string of the molecule is Cc1cccc([N+](=O)[O-])c1NC(=O)C[NH+](C)Cc1cccc(Cl)c1. The molecule has 0 bridgehead atoms. The van der Waals surface area contributed by atoms with E-state index in [1.165, 1.54) is 6.07 Å². The standard InChI is InChI=1S/C17H18ClN3O3/c1-12-5-3-8-15(21(23)24)17(12)19-16(22)11-20(2)10-13-6-4-7-14(18)9-13/h3-9H,10-11H2,1-2H3,(H,19,22)/p+1. The summed E-state index contributed by atoms with van der Waals surface area (Å²) in [6, 6.07) is 12.2. The molecule has 1 unspecified atom stereocenters. The maximum atomic E-state index is 12.2. The molecule has 0 spiro atoms. The van der Waals surface area contributed by atoms with Gasteiger partial charge in [-0.2, -0.15) is 0 Å². The van der Waals surface area contributed by atoms with Crippen molar-refractivity contribution in [2.45, 2.75) is 13.5 Å². The van der Waals surface area contributed by atoms with Crippen LogP contribution in [0, 0.1) is 17.0 Å². The first-order chi connectivity index (χ1) is 11.4. The molecule has 24 heavy (non-hydrogen) atoms. The van der Waals surface area contributed by atoms with Crippen LogP contribution in [0.3, 0.4) is 0 Å². The monoisotopic (exact) mass is 348 g/mol. The highest BCUT2D eigenvalue weighted by atomic mass is 35.5. The number of nitrogens with one attached hydrogen (secondary N) is 2. The van der Waals surface area contributed by atoms with Gasteiger partial charge in [-0.05, 0) is 24.6 Å². The topological polar surface area (TPSA) is 76.7 Å². The average Bonchev–Trinajstić information content (AvgIpc) is 2.48. The lowest BCUT2D eigenvalue weighted by Gasteiger charge is -2.15. The van der Waals surface area contributed by atoms with E-state index in [4.69, 9.17) is 11.6 Å². The average molecular weight is 349 g/mol. The van der Waals surface area contributed by atoms with Gasteiger partial charge in [0.15, 0.2) is 6.54 Å². The second kappa shape index (κ2) is 7.90. The van der Waals surface area contributed by atoms with E-state index in [0.29, 0.717) is 17.1 Å². The molecule has 1 atom stereocenters. The molecule has 2 N–H and O–H groups in total. The zero-order valence-corrected chi connectivity index (χ0v) is 14.3. The van der Waals surface area contributed by atoms with Crippen molar-refractivity contribution in [3.05, 3.63) is 68.7 Å². The van der Waals surface area contributed by atoms with Crippen molar-refractivity contribution in [3.63, 3.8) is 0 Å². The molecule has 126 valence electrons. The summed E-state index contributed by atoms with van der Waals surface area (Å²) in [6.07, 6.45) is 0. The zero-order chi connectivity index (χ0) is 17.7. The Labute approximate surface area is 145 Å². The van der Waals surface area contributed by atoms with Crippen molar-refractivity contribution in [3.8, 4) is 0 Å². The van der Waals surface area contributed by atoms with Gasteiger partial charge in [0.2, 0.25) is 0 Å². The van der Waals surface area contributed by atoms with E-state index >= 15 is 0 Å². The molecule has 1 amide bonds. The molecule has 0 heterocycles. The van der Waals surface area contributed by atoms with Crippen molar-refractivity contribution in [1.82, 2.24) is 0 Å². The predicted molar refractivity (Wildman–Crippen MR) is 93.4 cm³/mol. The molecule has 0 saturated heterocycles. The third kappa shape index (κ3) is 4.78. The quantitative estimate of drug-likeness (QED) is 0.620. The van der Waals surface area contributed by atoms with Crippen LogP contribution in [0.5, 0.6) is 0 Å². The number of aryl methyl sites for hydroxylation is 1. The first-order valence-electron chi connectivity index (χ1n) is 7.46. The number of nitro benzene ring substituents is 1. The molecular weight excluding hydrogens is 330 g/mol. The number of carbonyl (C=O) groups is 1. The van der Waals surface area contributed by atoms with Gasteiger partial charge in [0.05, 0.1) is 12.0 Å². The first-order valence-corrected chi connectivity index (χ1v) is 7.84. The van der Waals surface area contributed by atoms with Gasteiger partial charge in [-0.1, -0.05) is 35.9 Å². The van der Waals surface area contributed by atoms with E-state index in [-0.39, 0.29) is 23.8 Å². The maximum absolute atomic E-state index is 12.2. The van der Waals surface area contributed by atoms with Crippen LogP contribution in [0.1, 0.15) is 11.1 Å². The van der Waals surface area contributed by atoms with Crippen LogP contribution >= 0.6 is 11.6 Å². The van der Waals surface area contributed by atoms with Crippen LogP contribution in [0.2, 0.25) is 5.02 Å².